The van der Waals surface area contributed by atoms with Crippen LogP contribution in [0.4, 0.5) is 5.69 Å². The number of amides is 1. The van der Waals surface area contributed by atoms with Gasteiger partial charge in [0.1, 0.15) is 0 Å². The number of carbonyl (C=O) groups excluding carboxylic acids is 2. The topological polar surface area (TPSA) is 49.9 Å². The summed E-state index contributed by atoms with van der Waals surface area (Å²) in [6, 6.07) is 5.45. The van der Waals surface area contributed by atoms with Gasteiger partial charge in [0.2, 0.25) is 0 Å². The Kier molecular flexibility index (Phi) is 4.10. The minimum Gasteiger partial charge on any atom is -0.376 e. The Morgan fingerprint density at radius 2 is 2.19 bits per heavy atom. The molecular formula is C15H17BrN2O3. The third-order valence-corrected chi connectivity index (χ3v) is 4.63. The lowest BCUT2D eigenvalue weighted by molar-refractivity contribution is -0.115. The standard InChI is InChI=1S/C15H17BrN2O3/c1-2-10-8-17(6-7-21-10)9-18-12-5-3-4-11(16)13(12)14(19)15(18)20/h3-5,10H,2,6-9H2,1H3. The number of benzene rings is 1. The van der Waals surface area contributed by atoms with Crippen LogP contribution in [0.2, 0.25) is 0 Å². The number of anilines is 1. The van der Waals surface area contributed by atoms with Gasteiger partial charge in [-0.1, -0.05) is 13.0 Å². The summed E-state index contributed by atoms with van der Waals surface area (Å²) >= 11 is 3.36. The third kappa shape index (κ3) is 2.63. The number of nitrogens with zero attached hydrogens (tertiary/aromatic N) is 2. The summed E-state index contributed by atoms with van der Waals surface area (Å²) in [6.07, 6.45) is 1.15. The SMILES string of the molecule is CCC1CN(CN2C(=O)C(=O)c3c(Br)cccc32)CCO1. The zero-order chi connectivity index (χ0) is 15.0. The average Bonchev–Trinajstić information content (AvgIpc) is 2.74. The van der Waals surface area contributed by atoms with Gasteiger partial charge in [-0.15, -0.1) is 0 Å². The fourth-order valence-corrected chi connectivity index (χ4v) is 3.33. The Morgan fingerprint density at radius 1 is 1.38 bits per heavy atom. The smallest absolute Gasteiger partial charge is 0.300 e. The molecule has 0 saturated carbocycles. The van der Waals surface area contributed by atoms with Gasteiger partial charge in [0, 0.05) is 17.6 Å². The molecule has 1 fully saturated rings. The maximum atomic E-state index is 12.2. The van der Waals surface area contributed by atoms with E-state index in [1.165, 1.54) is 0 Å². The summed E-state index contributed by atoms with van der Waals surface area (Å²) in [5.41, 5.74) is 1.17. The van der Waals surface area contributed by atoms with Crippen molar-refractivity contribution >= 4 is 33.3 Å². The number of fused-ring (bicyclic) bond motifs is 1. The van der Waals surface area contributed by atoms with Crippen LogP contribution in [-0.2, 0) is 9.53 Å². The number of halogens is 1. The molecule has 0 N–H and O–H groups in total. The molecule has 1 amide bonds. The monoisotopic (exact) mass is 352 g/mol. The van der Waals surface area contributed by atoms with Crippen LogP contribution < -0.4 is 4.90 Å². The molecular weight excluding hydrogens is 336 g/mol. The van der Waals surface area contributed by atoms with Gasteiger partial charge in [-0.25, -0.2) is 0 Å². The van der Waals surface area contributed by atoms with Crippen molar-refractivity contribution in [2.75, 3.05) is 31.3 Å². The minimum atomic E-state index is -0.448. The summed E-state index contributed by atoms with van der Waals surface area (Å²) < 4.78 is 6.31. The van der Waals surface area contributed by atoms with Crippen molar-refractivity contribution in [1.29, 1.82) is 0 Å². The lowest BCUT2D eigenvalue weighted by Gasteiger charge is -2.34. The predicted octanol–water partition coefficient (Wildman–Crippen LogP) is 2.05. The van der Waals surface area contributed by atoms with Crippen molar-refractivity contribution < 1.29 is 14.3 Å². The summed E-state index contributed by atoms with van der Waals surface area (Å²) in [5, 5.41) is 0. The molecule has 1 aromatic carbocycles. The Hall–Kier alpha value is -1.24. The fraction of sp³-hybridized carbons (Fsp3) is 0.467. The van der Waals surface area contributed by atoms with Crippen LogP contribution in [0, 0.1) is 0 Å². The molecule has 0 aliphatic carbocycles. The Balaban J connectivity index is 1.82. The first-order chi connectivity index (χ1) is 10.1. The maximum absolute atomic E-state index is 12.2. The molecule has 1 saturated heterocycles. The van der Waals surface area contributed by atoms with Crippen molar-refractivity contribution in [3.63, 3.8) is 0 Å². The van der Waals surface area contributed by atoms with Crippen molar-refractivity contribution in [3.05, 3.63) is 28.2 Å². The summed E-state index contributed by atoms with van der Waals surface area (Å²) in [5.74, 6) is -0.880. The molecule has 0 aromatic heterocycles. The zero-order valence-electron chi connectivity index (χ0n) is 11.8. The Morgan fingerprint density at radius 3 is 2.95 bits per heavy atom. The second-order valence-electron chi connectivity index (χ2n) is 5.32. The molecule has 2 aliphatic rings. The van der Waals surface area contributed by atoms with Crippen LogP contribution in [0.3, 0.4) is 0 Å². The van der Waals surface area contributed by atoms with E-state index in [9.17, 15) is 9.59 Å². The van der Waals surface area contributed by atoms with E-state index in [2.05, 4.69) is 27.8 Å². The number of morpholine rings is 1. The molecule has 21 heavy (non-hydrogen) atoms. The number of rotatable bonds is 3. The van der Waals surface area contributed by atoms with Crippen LogP contribution in [0.15, 0.2) is 22.7 Å². The fourth-order valence-electron chi connectivity index (χ4n) is 2.80. The van der Waals surface area contributed by atoms with Crippen LogP contribution in [0.25, 0.3) is 0 Å². The largest absolute Gasteiger partial charge is 0.376 e. The van der Waals surface area contributed by atoms with Crippen molar-refractivity contribution in [2.24, 2.45) is 0 Å². The van der Waals surface area contributed by atoms with E-state index >= 15 is 0 Å². The second-order valence-corrected chi connectivity index (χ2v) is 6.17. The van der Waals surface area contributed by atoms with Crippen LogP contribution >= 0.6 is 15.9 Å². The molecule has 6 heteroatoms. The van der Waals surface area contributed by atoms with E-state index in [1.807, 2.05) is 12.1 Å². The molecule has 112 valence electrons. The summed E-state index contributed by atoms with van der Waals surface area (Å²) in [4.78, 5) is 28.1. The summed E-state index contributed by atoms with van der Waals surface area (Å²) in [7, 11) is 0. The Labute approximate surface area is 132 Å². The minimum absolute atomic E-state index is 0.203. The highest BCUT2D eigenvalue weighted by Gasteiger charge is 2.38. The van der Waals surface area contributed by atoms with Gasteiger partial charge in [0.15, 0.2) is 0 Å². The molecule has 0 bridgehead atoms. The average molecular weight is 353 g/mol. The number of hydrogen-bond acceptors (Lipinski definition) is 4. The lowest BCUT2D eigenvalue weighted by atomic mass is 10.1. The van der Waals surface area contributed by atoms with Gasteiger partial charge in [-0.2, -0.15) is 0 Å². The number of hydrogen-bond donors (Lipinski definition) is 0. The highest BCUT2D eigenvalue weighted by atomic mass is 79.9. The first kappa shape index (κ1) is 14.7. The number of Topliss-reactive ketones (excluding diaryl/α,β-unsaturated/α-hetero) is 1. The number of ketones is 1. The maximum Gasteiger partial charge on any atom is 0.300 e. The quantitative estimate of drug-likeness (QED) is 0.781. The molecule has 1 unspecified atom stereocenters. The van der Waals surface area contributed by atoms with Crippen molar-refractivity contribution in [2.45, 2.75) is 19.4 Å². The van der Waals surface area contributed by atoms with E-state index < -0.39 is 11.7 Å². The molecule has 0 spiro atoms. The Bertz CT molecular complexity index is 590. The van der Waals surface area contributed by atoms with E-state index in [4.69, 9.17) is 4.74 Å². The predicted molar refractivity (Wildman–Crippen MR) is 82.4 cm³/mol. The molecule has 2 aliphatic heterocycles. The normalized spacial score (nSPS) is 22.8. The molecule has 1 aromatic rings. The first-order valence-electron chi connectivity index (χ1n) is 7.10. The van der Waals surface area contributed by atoms with Gasteiger partial charge < -0.3 is 4.74 Å². The van der Waals surface area contributed by atoms with Gasteiger partial charge in [0.05, 0.1) is 30.6 Å². The van der Waals surface area contributed by atoms with Gasteiger partial charge >= 0.3 is 5.91 Å². The molecule has 0 radical (unpaired) electrons. The molecule has 5 nitrogen and oxygen atoms in total. The van der Waals surface area contributed by atoms with E-state index in [0.717, 1.165) is 19.5 Å². The van der Waals surface area contributed by atoms with Crippen LogP contribution in [-0.4, -0.2) is 49.1 Å². The van der Waals surface area contributed by atoms with Gasteiger partial charge in [-0.05, 0) is 34.5 Å². The molecule has 2 heterocycles. The van der Waals surface area contributed by atoms with E-state index in [1.54, 1.807) is 11.0 Å². The van der Waals surface area contributed by atoms with Gasteiger partial charge in [0.25, 0.3) is 5.78 Å². The van der Waals surface area contributed by atoms with Crippen molar-refractivity contribution in [1.82, 2.24) is 4.90 Å². The highest BCUT2D eigenvalue weighted by Crippen LogP contribution is 2.34. The second kappa shape index (κ2) is 5.87. The van der Waals surface area contributed by atoms with E-state index in [0.29, 0.717) is 29.0 Å². The number of carbonyl (C=O) groups is 2. The van der Waals surface area contributed by atoms with E-state index in [-0.39, 0.29) is 6.10 Å². The number of ether oxygens (including phenoxy) is 1. The van der Waals surface area contributed by atoms with Gasteiger partial charge in [-0.3, -0.25) is 19.4 Å². The lowest BCUT2D eigenvalue weighted by Crippen LogP contribution is -2.48. The van der Waals surface area contributed by atoms with Crippen LogP contribution in [0.5, 0.6) is 0 Å². The summed E-state index contributed by atoms with van der Waals surface area (Å²) in [6.45, 7) is 4.76. The first-order valence-corrected chi connectivity index (χ1v) is 7.89. The van der Waals surface area contributed by atoms with Crippen LogP contribution in [0.1, 0.15) is 23.7 Å². The van der Waals surface area contributed by atoms with Crippen molar-refractivity contribution in [3.8, 4) is 0 Å². The molecule has 3 rings (SSSR count). The third-order valence-electron chi connectivity index (χ3n) is 3.97. The zero-order valence-corrected chi connectivity index (χ0v) is 13.4. The molecule has 1 atom stereocenters. The highest BCUT2D eigenvalue weighted by molar-refractivity contribution is 9.10.